The van der Waals surface area contributed by atoms with Crippen molar-refractivity contribution in [2.75, 3.05) is 19.6 Å². The molecule has 1 saturated heterocycles. The van der Waals surface area contributed by atoms with E-state index in [1.54, 1.807) is 11.0 Å². The lowest BCUT2D eigenvalue weighted by molar-refractivity contribution is 0.0448. The zero-order valence-electron chi connectivity index (χ0n) is 9.93. The SMILES string of the molecule is C=CCNC(=O)N1CC(Oc2ccc(Br)cc2)C1. The lowest BCUT2D eigenvalue weighted by Crippen LogP contribution is -2.58. The summed E-state index contributed by atoms with van der Waals surface area (Å²) < 4.78 is 6.75. The minimum Gasteiger partial charge on any atom is -0.487 e. The summed E-state index contributed by atoms with van der Waals surface area (Å²) in [6.07, 6.45) is 1.74. The molecular formula is C13H15BrN2O2. The highest BCUT2D eigenvalue weighted by Crippen LogP contribution is 2.20. The van der Waals surface area contributed by atoms with Gasteiger partial charge in [-0.1, -0.05) is 22.0 Å². The van der Waals surface area contributed by atoms with Gasteiger partial charge in [0.2, 0.25) is 0 Å². The molecule has 0 unspecified atom stereocenters. The van der Waals surface area contributed by atoms with Crippen molar-refractivity contribution >= 4 is 22.0 Å². The summed E-state index contributed by atoms with van der Waals surface area (Å²) in [5, 5.41) is 2.73. The van der Waals surface area contributed by atoms with Crippen molar-refractivity contribution in [2.45, 2.75) is 6.10 Å². The van der Waals surface area contributed by atoms with Gasteiger partial charge in [0.1, 0.15) is 11.9 Å². The zero-order chi connectivity index (χ0) is 13.0. The first-order valence-corrected chi connectivity index (χ1v) is 6.54. The number of nitrogens with one attached hydrogen (secondary N) is 1. The van der Waals surface area contributed by atoms with E-state index in [9.17, 15) is 4.79 Å². The summed E-state index contributed by atoms with van der Waals surface area (Å²) in [5.74, 6) is 0.828. The maximum Gasteiger partial charge on any atom is 0.317 e. The second kappa shape index (κ2) is 5.91. The maximum absolute atomic E-state index is 11.5. The topological polar surface area (TPSA) is 41.6 Å². The number of hydrogen-bond acceptors (Lipinski definition) is 2. The van der Waals surface area contributed by atoms with E-state index < -0.39 is 0 Å². The summed E-state index contributed by atoms with van der Waals surface area (Å²) in [5.41, 5.74) is 0. The van der Waals surface area contributed by atoms with E-state index in [2.05, 4.69) is 27.8 Å². The molecule has 0 aliphatic carbocycles. The van der Waals surface area contributed by atoms with E-state index in [0.717, 1.165) is 10.2 Å². The van der Waals surface area contributed by atoms with Gasteiger partial charge < -0.3 is 15.0 Å². The molecule has 1 aromatic carbocycles. The van der Waals surface area contributed by atoms with Gasteiger partial charge in [0, 0.05) is 11.0 Å². The second-order valence-electron chi connectivity index (χ2n) is 4.07. The van der Waals surface area contributed by atoms with Crippen molar-refractivity contribution in [3.63, 3.8) is 0 Å². The molecule has 4 nitrogen and oxygen atoms in total. The number of carbonyl (C=O) groups is 1. The lowest BCUT2D eigenvalue weighted by atomic mass is 10.2. The standard InChI is InChI=1S/C13H15BrN2O2/c1-2-7-15-13(17)16-8-12(9-16)18-11-5-3-10(14)4-6-11/h2-6,12H,1,7-9H2,(H,15,17). The molecule has 0 radical (unpaired) electrons. The van der Waals surface area contributed by atoms with Crippen molar-refractivity contribution in [2.24, 2.45) is 0 Å². The Kier molecular flexibility index (Phi) is 4.25. The van der Waals surface area contributed by atoms with Crippen LogP contribution in [0.25, 0.3) is 0 Å². The Morgan fingerprint density at radius 2 is 2.17 bits per heavy atom. The minimum absolute atomic E-state index is 0.0643. The maximum atomic E-state index is 11.5. The molecule has 0 atom stereocenters. The Labute approximate surface area is 115 Å². The van der Waals surface area contributed by atoms with Crippen LogP contribution in [0.3, 0.4) is 0 Å². The van der Waals surface area contributed by atoms with Crippen molar-refractivity contribution in [3.8, 4) is 5.75 Å². The molecule has 1 fully saturated rings. The van der Waals surface area contributed by atoms with E-state index >= 15 is 0 Å². The van der Waals surface area contributed by atoms with Gasteiger partial charge in [-0.05, 0) is 24.3 Å². The van der Waals surface area contributed by atoms with E-state index in [-0.39, 0.29) is 12.1 Å². The normalized spacial score (nSPS) is 14.8. The monoisotopic (exact) mass is 310 g/mol. The van der Waals surface area contributed by atoms with Crippen LogP contribution in [0.4, 0.5) is 4.79 Å². The predicted octanol–water partition coefficient (Wildman–Crippen LogP) is 2.41. The Hall–Kier alpha value is -1.49. The third-order valence-corrected chi connectivity index (χ3v) is 3.18. The number of hydrogen-bond donors (Lipinski definition) is 1. The number of rotatable bonds is 4. The number of likely N-dealkylation sites (tertiary alicyclic amines) is 1. The molecule has 1 N–H and O–H groups in total. The van der Waals surface area contributed by atoms with Gasteiger partial charge in [-0.3, -0.25) is 0 Å². The van der Waals surface area contributed by atoms with Crippen LogP contribution >= 0.6 is 15.9 Å². The molecule has 0 spiro atoms. The van der Waals surface area contributed by atoms with Gasteiger partial charge in [0.25, 0.3) is 0 Å². The van der Waals surface area contributed by atoms with E-state index in [4.69, 9.17) is 4.74 Å². The van der Waals surface area contributed by atoms with Gasteiger partial charge in [-0.2, -0.15) is 0 Å². The summed E-state index contributed by atoms with van der Waals surface area (Å²) in [7, 11) is 0. The fourth-order valence-corrected chi connectivity index (χ4v) is 1.92. The first-order chi connectivity index (χ1) is 8.69. The molecule has 1 aromatic rings. The number of carbonyl (C=O) groups excluding carboxylic acids is 1. The molecule has 0 bridgehead atoms. The average molecular weight is 311 g/mol. The average Bonchev–Trinajstić information content (AvgIpc) is 2.32. The summed E-state index contributed by atoms with van der Waals surface area (Å²) >= 11 is 3.37. The highest BCUT2D eigenvalue weighted by Gasteiger charge is 2.31. The van der Waals surface area contributed by atoms with E-state index in [1.807, 2.05) is 24.3 Å². The van der Waals surface area contributed by atoms with Crippen LogP contribution < -0.4 is 10.1 Å². The fraction of sp³-hybridized carbons (Fsp3) is 0.308. The van der Waals surface area contributed by atoms with Gasteiger partial charge in [-0.25, -0.2) is 4.79 Å². The smallest absolute Gasteiger partial charge is 0.317 e. The summed E-state index contributed by atoms with van der Waals surface area (Å²) in [6.45, 7) is 5.29. The molecule has 5 heteroatoms. The molecule has 1 aliphatic heterocycles. The zero-order valence-corrected chi connectivity index (χ0v) is 11.5. The molecule has 1 heterocycles. The highest BCUT2D eigenvalue weighted by molar-refractivity contribution is 9.10. The number of urea groups is 1. The fourth-order valence-electron chi connectivity index (χ4n) is 1.66. The summed E-state index contributed by atoms with van der Waals surface area (Å²) in [4.78, 5) is 13.2. The predicted molar refractivity (Wildman–Crippen MR) is 73.7 cm³/mol. The third kappa shape index (κ3) is 3.26. The van der Waals surface area contributed by atoms with Crippen LogP contribution in [0.2, 0.25) is 0 Å². The van der Waals surface area contributed by atoms with Crippen LogP contribution in [-0.2, 0) is 0 Å². The van der Waals surface area contributed by atoms with Crippen molar-refractivity contribution in [1.82, 2.24) is 10.2 Å². The molecule has 0 saturated carbocycles. The first-order valence-electron chi connectivity index (χ1n) is 5.75. The molecular weight excluding hydrogens is 296 g/mol. The van der Waals surface area contributed by atoms with E-state index in [1.165, 1.54) is 0 Å². The molecule has 96 valence electrons. The second-order valence-corrected chi connectivity index (χ2v) is 4.99. The Bertz CT molecular complexity index is 427. The van der Waals surface area contributed by atoms with Gasteiger partial charge >= 0.3 is 6.03 Å². The number of benzene rings is 1. The molecule has 0 aromatic heterocycles. The number of nitrogens with zero attached hydrogens (tertiary/aromatic N) is 1. The Morgan fingerprint density at radius 3 is 2.78 bits per heavy atom. The van der Waals surface area contributed by atoms with Crippen LogP contribution in [-0.4, -0.2) is 36.7 Å². The highest BCUT2D eigenvalue weighted by atomic mass is 79.9. The molecule has 1 aliphatic rings. The van der Waals surface area contributed by atoms with E-state index in [0.29, 0.717) is 19.6 Å². The number of amides is 2. The van der Waals surface area contributed by atoms with Crippen LogP contribution in [0, 0.1) is 0 Å². The first kappa shape index (κ1) is 13.0. The Morgan fingerprint density at radius 1 is 1.50 bits per heavy atom. The van der Waals surface area contributed by atoms with Crippen molar-refractivity contribution < 1.29 is 9.53 Å². The van der Waals surface area contributed by atoms with Gasteiger partial charge in [0.05, 0.1) is 13.1 Å². The lowest BCUT2D eigenvalue weighted by Gasteiger charge is -2.38. The van der Waals surface area contributed by atoms with Gasteiger partial charge in [0.15, 0.2) is 0 Å². The van der Waals surface area contributed by atoms with Crippen LogP contribution in [0.15, 0.2) is 41.4 Å². The molecule has 18 heavy (non-hydrogen) atoms. The summed E-state index contributed by atoms with van der Waals surface area (Å²) in [6, 6.07) is 7.62. The molecule has 2 rings (SSSR count). The minimum atomic E-state index is -0.0643. The van der Waals surface area contributed by atoms with Gasteiger partial charge in [-0.15, -0.1) is 6.58 Å². The third-order valence-electron chi connectivity index (χ3n) is 2.65. The largest absolute Gasteiger partial charge is 0.487 e. The quantitative estimate of drug-likeness (QED) is 0.868. The Balaban J connectivity index is 1.74. The van der Waals surface area contributed by atoms with Crippen molar-refractivity contribution in [3.05, 3.63) is 41.4 Å². The van der Waals surface area contributed by atoms with Crippen molar-refractivity contribution in [1.29, 1.82) is 0 Å². The number of ether oxygens (including phenoxy) is 1. The number of halogens is 1. The van der Waals surface area contributed by atoms with Crippen LogP contribution in [0.1, 0.15) is 0 Å². The van der Waals surface area contributed by atoms with Crippen LogP contribution in [0.5, 0.6) is 5.75 Å². The molecule has 2 amide bonds.